The third-order valence-corrected chi connectivity index (χ3v) is 3.05. The number of Topliss-reactive ketones (excluding diaryl/α,β-unsaturated/α-hetero) is 1. The Bertz CT molecular complexity index is 360. The first-order chi connectivity index (χ1) is 7.16. The quantitative estimate of drug-likeness (QED) is 0.735. The van der Waals surface area contributed by atoms with Crippen LogP contribution in [0.3, 0.4) is 0 Å². The largest absolute Gasteiger partial charge is 0.327 e. The van der Waals surface area contributed by atoms with Gasteiger partial charge in [0.05, 0.1) is 6.20 Å². The van der Waals surface area contributed by atoms with Gasteiger partial charge in [-0.15, -0.1) is 0 Å². The smallest absolute Gasteiger partial charge is 0.185 e. The van der Waals surface area contributed by atoms with Crippen LogP contribution in [-0.2, 0) is 7.05 Å². The summed E-state index contributed by atoms with van der Waals surface area (Å²) in [5.41, 5.74) is 6.37. The Morgan fingerprint density at radius 1 is 1.67 bits per heavy atom. The molecule has 1 heterocycles. The van der Waals surface area contributed by atoms with Crippen LogP contribution in [0.25, 0.3) is 0 Å². The van der Waals surface area contributed by atoms with Gasteiger partial charge in [-0.25, -0.2) is 0 Å². The predicted molar refractivity (Wildman–Crippen MR) is 55.3 cm³/mol. The number of aryl methyl sites for hydroxylation is 1. The van der Waals surface area contributed by atoms with E-state index >= 15 is 0 Å². The Kier molecular flexibility index (Phi) is 2.81. The van der Waals surface area contributed by atoms with Crippen molar-refractivity contribution < 1.29 is 4.79 Å². The first-order valence-corrected chi connectivity index (χ1v) is 5.32. The maximum absolute atomic E-state index is 11.8. The monoisotopic (exact) mass is 208 g/mol. The zero-order valence-corrected chi connectivity index (χ0v) is 8.89. The van der Waals surface area contributed by atoms with Gasteiger partial charge in [0.2, 0.25) is 0 Å². The molecule has 0 aliphatic heterocycles. The summed E-state index contributed by atoms with van der Waals surface area (Å²) >= 11 is 0. The van der Waals surface area contributed by atoms with E-state index in [0.717, 1.165) is 19.3 Å². The first-order valence-electron chi connectivity index (χ1n) is 5.32. The minimum absolute atomic E-state index is 0.0606. The van der Waals surface area contributed by atoms with Crippen LogP contribution in [0.4, 0.5) is 0 Å². The molecular weight excluding hydrogens is 192 g/mol. The normalized spacial score (nSPS) is 25.7. The van der Waals surface area contributed by atoms with Gasteiger partial charge in [-0.3, -0.25) is 4.79 Å². The number of nitrogens with two attached hydrogens (primary N) is 1. The Labute approximate surface area is 88.6 Å². The van der Waals surface area contributed by atoms with Gasteiger partial charge in [0, 0.05) is 19.5 Å². The zero-order valence-electron chi connectivity index (χ0n) is 8.89. The van der Waals surface area contributed by atoms with E-state index in [2.05, 4.69) is 10.2 Å². The van der Waals surface area contributed by atoms with E-state index in [0.29, 0.717) is 18.0 Å². The van der Waals surface area contributed by atoms with Gasteiger partial charge >= 0.3 is 0 Å². The van der Waals surface area contributed by atoms with E-state index in [-0.39, 0.29) is 11.8 Å². The lowest BCUT2D eigenvalue weighted by atomic mass is 9.97. The molecule has 0 unspecified atom stereocenters. The summed E-state index contributed by atoms with van der Waals surface area (Å²) in [5.74, 6) is 0.393. The first kappa shape index (κ1) is 10.3. The van der Waals surface area contributed by atoms with Gasteiger partial charge < -0.3 is 5.73 Å². The average molecular weight is 208 g/mol. The Morgan fingerprint density at radius 3 is 3.00 bits per heavy atom. The number of carbonyl (C=O) groups excluding carboxylic acids is 1. The number of aromatic nitrogens is 3. The number of carbonyl (C=O) groups is 1. The minimum atomic E-state index is 0.0606. The Balaban J connectivity index is 1.97. The van der Waals surface area contributed by atoms with Gasteiger partial charge in [0.15, 0.2) is 5.78 Å². The summed E-state index contributed by atoms with van der Waals surface area (Å²) in [5, 5.41) is 7.88. The van der Waals surface area contributed by atoms with Crippen LogP contribution in [0, 0.1) is 5.92 Å². The summed E-state index contributed by atoms with van der Waals surface area (Å²) in [7, 11) is 1.71. The molecule has 5 nitrogen and oxygen atoms in total. The number of nitrogens with zero attached hydrogens (tertiary/aromatic N) is 3. The van der Waals surface area contributed by atoms with Gasteiger partial charge in [-0.2, -0.15) is 15.0 Å². The Morgan fingerprint density at radius 2 is 2.47 bits per heavy atom. The van der Waals surface area contributed by atoms with E-state index in [1.54, 1.807) is 7.05 Å². The van der Waals surface area contributed by atoms with Crippen molar-refractivity contribution in [2.24, 2.45) is 18.7 Å². The summed E-state index contributed by atoms with van der Waals surface area (Å²) in [6.07, 6.45) is 5.27. The summed E-state index contributed by atoms with van der Waals surface area (Å²) in [6, 6.07) is 0.186. The molecular formula is C10H16N4O. The molecule has 1 saturated carbocycles. The summed E-state index contributed by atoms with van der Waals surface area (Å²) in [6.45, 7) is 0. The van der Waals surface area contributed by atoms with Crippen LogP contribution in [0.15, 0.2) is 6.20 Å². The summed E-state index contributed by atoms with van der Waals surface area (Å²) in [4.78, 5) is 13.2. The van der Waals surface area contributed by atoms with E-state index in [1.165, 1.54) is 11.0 Å². The van der Waals surface area contributed by atoms with Crippen molar-refractivity contribution in [1.29, 1.82) is 0 Å². The second kappa shape index (κ2) is 4.10. The second-order valence-electron chi connectivity index (χ2n) is 4.20. The zero-order chi connectivity index (χ0) is 10.8. The molecule has 82 valence electrons. The van der Waals surface area contributed by atoms with Crippen molar-refractivity contribution in [3.63, 3.8) is 0 Å². The molecule has 2 atom stereocenters. The van der Waals surface area contributed by atoms with Crippen molar-refractivity contribution >= 4 is 5.78 Å². The maximum Gasteiger partial charge on any atom is 0.185 e. The predicted octanol–water partition coefficient (Wildman–Crippen LogP) is 0.515. The van der Waals surface area contributed by atoms with E-state index in [4.69, 9.17) is 5.73 Å². The van der Waals surface area contributed by atoms with Gasteiger partial charge in [0.25, 0.3) is 0 Å². The molecule has 0 aromatic carbocycles. The minimum Gasteiger partial charge on any atom is -0.327 e. The van der Waals surface area contributed by atoms with Crippen LogP contribution >= 0.6 is 0 Å². The molecule has 0 spiro atoms. The Hall–Kier alpha value is -1.23. The van der Waals surface area contributed by atoms with Crippen molar-refractivity contribution in [1.82, 2.24) is 15.0 Å². The fraction of sp³-hybridized carbons (Fsp3) is 0.700. The molecule has 0 radical (unpaired) electrons. The van der Waals surface area contributed by atoms with Crippen LogP contribution in [0.2, 0.25) is 0 Å². The molecule has 1 aromatic rings. The lowest BCUT2D eigenvalue weighted by Crippen LogP contribution is -2.26. The highest BCUT2D eigenvalue weighted by atomic mass is 16.1. The van der Waals surface area contributed by atoms with Crippen molar-refractivity contribution in [3.05, 3.63) is 11.9 Å². The number of ketones is 1. The molecule has 0 amide bonds. The molecule has 1 aromatic heterocycles. The number of rotatable bonds is 3. The second-order valence-corrected chi connectivity index (χ2v) is 4.20. The number of hydrogen-bond donors (Lipinski definition) is 1. The van der Waals surface area contributed by atoms with E-state index < -0.39 is 0 Å². The van der Waals surface area contributed by atoms with Gasteiger partial charge in [-0.05, 0) is 18.8 Å². The van der Waals surface area contributed by atoms with Crippen molar-refractivity contribution in [2.75, 3.05) is 0 Å². The molecule has 1 aliphatic carbocycles. The van der Waals surface area contributed by atoms with Crippen molar-refractivity contribution in [3.8, 4) is 0 Å². The number of hydrogen-bond acceptors (Lipinski definition) is 4. The van der Waals surface area contributed by atoms with Crippen LogP contribution in [-0.4, -0.2) is 26.8 Å². The molecule has 0 saturated heterocycles. The van der Waals surface area contributed by atoms with Crippen LogP contribution < -0.4 is 5.73 Å². The maximum atomic E-state index is 11.8. The lowest BCUT2D eigenvalue weighted by molar-refractivity contribution is 0.0953. The van der Waals surface area contributed by atoms with Crippen LogP contribution in [0.1, 0.15) is 36.2 Å². The van der Waals surface area contributed by atoms with Gasteiger partial charge in [-0.1, -0.05) is 6.42 Å². The molecule has 1 aliphatic rings. The highest BCUT2D eigenvalue weighted by Crippen LogP contribution is 2.27. The van der Waals surface area contributed by atoms with E-state index in [9.17, 15) is 4.79 Å². The third-order valence-electron chi connectivity index (χ3n) is 3.05. The van der Waals surface area contributed by atoms with E-state index in [1.807, 2.05) is 0 Å². The summed E-state index contributed by atoms with van der Waals surface area (Å²) < 4.78 is 0. The van der Waals surface area contributed by atoms with Crippen molar-refractivity contribution in [2.45, 2.75) is 31.7 Å². The molecule has 15 heavy (non-hydrogen) atoms. The standard InChI is InChI=1S/C10H16N4O/c1-14-12-6-9(13-14)10(15)5-7-3-2-4-8(7)11/h6-8H,2-5,11H2,1H3/t7-,8+/m0/s1. The average Bonchev–Trinajstić information content (AvgIpc) is 2.77. The molecule has 1 fully saturated rings. The van der Waals surface area contributed by atoms with Gasteiger partial charge in [0.1, 0.15) is 5.69 Å². The molecule has 2 rings (SSSR count). The SMILES string of the molecule is Cn1ncc(C(=O)C[C@@H]2CCC[C@H]2N)n1. The molecule has 2 N–H and O–H groups in total. The lowest BCUT2D eigenvalue weighted by Gasteiger charge is -2.12. The highest BCUT2D eigenvalue weighted by Gasteiger charge is 2.27. The molecule has 0 bridgehead atoms. The highest BCUT2D eigenvalue weighted by molar-refractivity contribution is 5.94. The molecule has 5 heteroatoms. The fourth-order valence-corrected chi connectivity index (χ4v) is 2.14. The fourth-order valence-electron chi connectivity index (χ4n) is 2.14. The van der Waals surface area contributed by atoms with Crippen LogP contribution in [0.5, 0.6) is 0 Å². The third kappa shape index (κ3) is 2.23. The topological polar surface area (TPSA) is 73.8 Å².